The maximum atomic E-state index is 13.3. The Balaban J connectivity index is 1.34. The minimum absolute atomic E-state index is 0.101. The second kappa shape index (κ2) is 8.41. The molecule has 3 aromatic heterocycles. The number of aromatic nitrogens is 3. The fourth-order valence-corrected chi connectivity index (χ4v) is 6.35. The summed E-state index contributed by atoms with van der Waals surface area (Å²) in [5.41, 5.74) is 2.98. The van der Waals surface area contributed by atoms with Gasteiger partial charge in [0.2, 0.25) is 5.91 Å². The summed E-state index contributed by atoms with van der Waals surface area (Å²) < 4.78 is 13.3. The predicted octanol–water partition coefficient (Wildman–Crippen LogP) is 5.56. The van der Waals surface area contributed by atoms with E-state index in [9.17, 15) is 9.18 Å². The summed E-state index contributed by atoms with van der Waals surface area (Å²) in [5, 5.41) is 7.25. The first-order valence-electron chi connectivity index (χ1n) is 9.57. The molecule has 0 unspecified atom stereocenters. The van der Waals surface area contributed by atoms with Crippen LogP contribution < -0.4 is 5.32 Å². The SMILES string of the molecule is O=C(CSc1ncnc2scc(-c3ccc(F)cc3)c12)Nc1nc2c(s1)CCCC2. The summed E-state index contributed by atoms with van der Waals surface area (Å²) in [6.07, 6.45) is 5.93. The van der Waals surface area contributed by atoms with Crippen LogP contribution in [0.15, 0.2) is 41.0 Å². The fraction of sp³-hybridized carbons (Fsp3) is 0.238. The lowest BCUT2D eigenvalue weighted by Gasteiger charge is -2.06. The van der Waals surface area contributed by atoms with Crippen LogP contribution in [0, 0.1) is 5.82 Å². The van der Waals surface area contributed by atoms with Gasteiger partial charge < -0.3 is 5.32 Å². The summed E-state index contributed by atoms with van der Waals surface area (Å²) in [5.74, 6) is -0.143. The normalized spacial score (nSPS) is 13.4. The van der Waals surface area contributed by atoms with Crippen molar-refractivity contribution in [2.75, 3.05) is 11.1 Å². The molecular formula is C21H17FN4OS3. The van der Waals surface area contributed by atoms with Crippen molar-refractivity contribution < 1.29 is 9.18 Å². The van der Waals surface area contributed by atoms with E-state index < -0.39 is 0 Å². The minimum Gasteiger partial charge on any atom is -0.301 e. The van der Waals surface area contributed by atoms with E-state index in [1.165, 1.54) is 59.3 Å². The van der Waals surface area contributed by atoms with Gasteiger partial charge in [-0.2, -0.15) is 0 Å². The number of halogens is 1. The molecule has 0 saturated heterocycles. The molecule has 4 aromatic rings. The lowest BCUT2D eigenvalue weighted by Crippen LogP contribution is -2.14. The van der Waals surface area contributed by atoms with Crippen molar-refractivity contribution in [2.24, 2.45) is 0 Å². The molecule has 9 heteroatoms. The Morgan fingerprint density at radius 2 is 2.00 bits per heavy atom. The van der Waals surface area contributed by atoms with Gasteiger partial charge in [-0.3, -0.25) is 4.79 Å². The van der Waals surface area contributed by atoms with Gasteiger partial charge in [-0.05, 0) is 43.4 Å². The van der Waals surface area contributed by atoms with Gasteiger partial charge in [-0.1, -0.05) is 23.9 Å². The summed E-state index contributed by atoms with van der Waals surface area (Å²) in [4.78, 5) is 28.0. The van der Waals surface area contributed by atoms with Gasteiger partial charge in [0.25, 0.3) is 0 Å². The third-order valence-corrected chi connectivity index (χ3v) is 7.87. The summed E-state index contributed by atoms with van der Waals surface area (Å²) in [7, 11) is 0. The number of thiophene rings is 1. The molecule has 0 fully saturated rings. The highest BCUT2D eigenvalue weighted by molar-refractivity contribution is 8.00. The third kappa shape index (κ3) is 3.97. The lowest BCUT2D eigenvalue weighted by molar-refractivity contribution is -0.113. The molecule has 1 aliphatic rings. The van der Waals surface area contributed by atoms with Gasteiger partial charge in [-0.25, -0.2) is 19.3 Å². The van der Waals surface area contributed by atoms with E-state index in [1.54, 1.807) is 23.5 Å². The average Bonchev–Trinajstić information content (AvgIpc) is 3.36. The van der Waals surface area contributed by atoms with Gasteiger partial charge >= 0.3 is 0 Å². The summed E-state index contributed by atoms with van der Waals surface area (Å²) in [6.45, 7) is 0. The van der Waals surface area contributed by atoms with Crippen molar-refractivity contribution in [3.05, 3.63) is 52.4 Å². The molecular weight excluding hydrogens is 439 g/mol. The molecule has 3 heterocycles. The molecule has 0 radical (unpaired) electrons. The highest BCUT2D eigenvalue weighted by atomic mass is 32.2. The van der Waals surface area contributed by atoms with Crippen molar-refractivity contribution in [3.8, 4) is 11.1 Å². The van der Waals surface area contributed by atoms with Gasteiger partial charge in [0.05, 0.1) is 16.8 Å². The zero-order valence-electron chi connectivity index (χ0n) is 15.9. The molecule has 5 nitrogen and oxygen atoms in total. The number of hydrogen-bond donors (Lipinski definition) is 1. The molecule has 30 heavy (non-hydrogen) atoms. The number of hydrogen-bond acceptors (Lipinski definition) is 7. The zero-order valence-corrected chi connectivity index (χ0v) is 18.3. The number of fused-ring (bicyclic) bond motifs is 2. The topological polar surface area (TPSA) is 67.8 Å². The average molecular weight is 457 g/mol. The van der Waals surface area contributed by atoms with Crippen LogP contribution in [0.3, 0.4) is 0 Å². The van der Waals surface area contributed by atoms with Crippen LogP contribution in [0.5, 0.6) is 0 Å². The number of benzene rings is 1. The van der Waals surface area contributed by atoms with E-state index in [2.05, 4.69) is 20.3 Å². The predicted molar refractivity (Wildman–Crippen MR) is 121 cm³/mol. The molecule has 1 amide bonds. The number of rotatable bonds is 5. The van der Waals surface area contributed by atoms with Crippen molar-refractivity contribution in [2.45, 2.75) is 30.7 Å². The number of carbonyl (C=O) groups excluding carboxylic acids is 1. The van der Waals surface area contributed by atoms with E-state index in [0.29, 0.717) is 5.13 Å². The second-order valence-corrected chi connectivity index (χ2v) is 9.85. The number of amides is 1. The van der Waals surface area contributed by atoms with Crippen LogP contribution in [0.25, 0.3) is 21.3 Å². The van der Waals surface area contributed by atoms with Crippen molar-refractivity contribution in [3.63, 3.8) is 0 Å². The number of nitrogens with zero attached hydrogens (tertiary/aromatic N) is 3. The Labute approximate surface area is 184 Å². The Kier molecular flexibility index (Phi) is 5.49. The molecule has 5 rings (SSSR count). The first-order valence-corrected chi connectivity index (χ1v) is 12.2. The number of carbonyl (C=O) groups is 1. The quantitative estimate of drug-likeness (QED) is 0.314. The summed E-state index contributed by atoms with van der Waals surface area (Å²) in [6, 6.07) is 6.37. The second-order valence-electron chi connectivity index (χ2n) is 6.95. The molecule has 1 aromatic carbocycles. The van der Waals surface area contributed by atoms with Crippen molar-refractivity contribution in [1.29, 1.82) is 0 Å². The third-order valence-electron chi connectivity index (χ3n) is 4.92. The number of anilines is 1. The Morgan fingerprint density at radius 1 is 1.17 bits per heavy atom. The maximum Gasteiger partial charge on any atom is 0.236 e. The molecule has 0 atom stereocenters. The number of nitrogens with one attached hydrogen (secondary N) is 1. The van der Waals surface area contributed by atoms with E-state index >= 15 is 0 Å². The van der Waals surface area contributed by atoms with E-state index in [4.69, 9.17) is 0 Å². The van der Waals surface area contributed by atoms with Crippen LogP contribution >= 0.6 is 34.4 Å². The molecule has 0 aliphatic heterocycles. The van der Waals surface area contributed by atoms with Crippen molar-refractivity contribution >= 4 is 55.7 Å². The molecule has 1 N–H and O–H groups in total. The number of thioether (sulfide) groups is 1. The number of thiazole rings is 1. The molecule has 0 spiro atoms. The zero-order chi connectivity index (χ0) is 20.5. The van der Waals surface area contributed by atoms with E-state index in [0.717, 1.165) is 44.9 Å². The molecule has 1 aliphatic carbocycles. The van der Waals surface area contributed by atoms with Crippen LogP contribution in [0.2, 0.25) is 0 Å². The van der Waals surface area contributed by atoms with Gasteiger partial charge in [0.15, 0.2) is 5.13 Å². The van der Waals surface area contributed by atoms with E-state index in [-0.39, 0.29) is 17.5 Å². The Morgan fingerprint density at radius 3 is 2.83 bits per heavy atom. The maximum absolute atomic E-state index is 13.3. The lowest BCUT2D eigenvalue weighted by atomic mass is 10.0. The molecule has 152 valence electrons. The van der Waals surface area contributed by atoms with Crippen LogP contribution in [-0.4, -0.2) is 26.6 Å². The monoisotopic (exact) mass is 456 g/mol. The minimum atomic E-state index is -0.273. The van der Waals surface area contributed by atoms with Gasteiger partial charge in [0.1, 0.15) is 22.0 Å². The summed E-state index contributed by atoms with van der Waals surface area (Å²) >= 11 is 4.47. The number of aryl methyl sites for hydroxylation is 2. The van der Waals surface area contributed by atoms with Crippen LogP contribution in [0.1, 0.15) is 23.4 Å². The van der Waals surface area contributed by atoms with Crippen molar-refractivity contribution in [1.82, 2.24) is 15.0 Å². The molecule has 0 bridgehead atoms. The van der Waals surface area contributed by atoms with Gasteiger partial charge in [-0.15, -0.1) is 22.7 Å². The van der Waals surface area contributed by atoms with Gasteiger partial charge in [0, 0.05) is 15.8 Å². The largest absolute Gasteiger partial charge is 0.301 e. The Hall–Kier alpha value is -2.36. The van der Waals surface area contributed by atoms with E-state index in [1.807, 2.05) is 5.38 Å². The Bertz CT molecular complexity index is 1200. The fourth-order valence-electron chi connectivity index (χ4n) is 3.49. The smallest absolute Gasteiger partial charge is 0.236 e. The first kappa shape index (κ1) is 19.6. The highest BCUT2D eigenvalue weighted by Gasteiger charge is 2.18. The van der Waals surface area contributed by atoms with Crippen LogP contribution in [0.4, 0.5) is 9.52 Å². The van der Waals surface area contributed by atoms with Crippen LogP contribution in [-0.2, 0) is 17.6 Å². The standard InChI is InChI=1S/C21H17FN4OS3/c22-13-7-5-12(6-8-13)14-9-28-19-18(14)20(24-11-23-19)29-10-17(27)26-21-25-15-3-1-2-4-16(15)30-21/h5-9,11H,1-4,10H2,(H,25,26,27). The molecule has 0 saturated carbocycles. The first-order chi connectivity index (χ1) is 14.7. The highest BCUT2D eigenvalue weighted by Crippen LogP contribution is 2.38.